The summed E-state index contributed by atoms with van der Waals surface area (Å²) in [6, 6.07) is 9.69. The number of aryl methyl sites for hydroxylation is 1. The van der Waals surface area contributed by atoms with Crippen LogP contribution in [-0.4, -0.2) is 12.9 Å². The van der Waals surface area contributed by atoms with E-state index in [1.165, 1.54) is 19.2 Å². The van der Waals surface area contributed by atoms with E-state index in [-0.39, 0.29) is 18.0 Å². The Morgan fingerprint density at radius 1 is 1.25 bits per heavy atom. The molecule has 0 aliphatic rings. The van der Waals surface area contributed by atoms with E-state index in [1.807, 2.05) is 6.92 Å². The molecule has 0 amide bonds. The SMILES string of the molecule is COc1ccc(CC(=O)c2ccc(C)c(N)c2)cc1F. The van der Waals surface area contributed by atoms with Gasteiger partial charge in [-0.3, -0.25) is 4.79 Å². The van der Waals surface area contributed by atoms with Gasteiger partial charge in [-0.05, 0) is 36.2 Å². The summed E-state index contributed by atoms with van der Waals surface area (Å²) < 4.78 is 18.4. The summed E-state index contributed by atoms with van der Waals surface area (Å²) >= 11 is 0. The van der Waals surface area contributed by atoms with Gasteiger partial charge in [0.2, 0.25) is 0 Å². The van der Waals surface area contributed by atoms with E-state index >= 15 is 0 Å². The molecule has 2 rings (SSSR count). The van der Waals surface area contributed by atoms with E-state index in [0.717, 1.165) is 5.56 Å². The van der Waals surface area contributed by atoms with Crippen molar-refractivity contribution in [3.63, 3.8) is 0 Å². The monoisotopic (exact) mass is 273 g/mol. The maximum Gasteiger partial charge on any atom is 0.167 e. The van der Waals surface area contributed by atoms with Gasteiger partial charge < -0.3 is 10.5 Å². The molecule has 2 aromatic carbocycles. The van der Waals surface area contributed by atoms with Crippen molar-refractivity contribution in [3.8, 4) is 5.75 Å². The molecule has 0 radical (unpaired) electrons. The van der Waals surface area contributed by atoms with Crippen LogP contribution in [0.3, 0.4) is 0 Å². The number of hydrogen-bond donors (Lipinski definition) is 1. The van der Waals surface area contributed by atoms with Crippen molar-refractivity contribution in [1.29, 1.82) is 0 Å². The number of ketones is 1. The quantitative estimate of drug-likeness (QED) is 0.687. The zero-order chi connectivity index (χ0) is 14.7. The largest absolute Gasteiger partial charge is 0.494 e. The van der Waals surface area contributed by atoms with Crippen molar-refractivity contribution >= 4 is 11.5 Å². The summed E-state index contributed by atoms with van der Waals surface area (Å²) in [5.41, 5.74) is 8.43. The summed E-state index contributed by atoms with van der Waals surface area (Å²) in [6.45, 7) is 1.88. The number of nitrogens with two attached hydrogens (primary N) is 1. The number of anilines is 1. The van der Waals surface area contributed by atoms with Gasteiger partial charge in [0.1, 0.15) is 0 Å². The molecule has 20 heavy (non-hydrogen) atoms. The van der Waals surface area contributed by atoms with Crippen molar-refractivity contribution in [3.05, 3.63) is 58.9 Å². The van der Waals surface area contributed by atoms with Gasteiger partial charge >= 0.3 is 0 Å². The lowest BCUT2D eigenvalue weighted by molar-refractivity contribution is 0.0993. The Bertz CT molecular complexity index is 653. The number of hydrogen-bond acceptors (Lipinski definition) is 3. The first kappa shape index (κ1) is 14.1. The molecule has 0 aliphatic heterocycles. The Balaban J connectivity index is 2.19. The molecular weight excluding hydrogens is 257 g/mol. The second kappa shape index (κ2) is 5.74. The van der Waals surface area contributed by atoms with E-state index in [9.17, 15) is 9.18 Å². The Morgan fingerprint density at radius 3 is 2.60 bits per heavy atom. The molecule has 2 N–H and O–H groups in total. The minimum Gasteiger partial charge on any atom is -0.494 e. The van der Waals surface area contributed by atoms with Crippen LogP contribution in [0.4, 0.5) is 10.1 Å². The molecule has 0 heterocycles. The Morgan fingerprint density at radius 2 is 2.00 bits per heavy atom. The molecule has 0 atom stereocenters. The second-order valence-electron chi connectivity index (χ2n) is 4.64. The number of halogens is 1. The van der Waals surface area contributed by atoms with Crippen LogP contribution in [0.5, 0.6) is 5.75 Å². The van der Waals surface area contributed by atoms with Gasteiger partial charge in [-0.1, -0.05) is 18.2 Å². The summed E-state index contributed by atoms with van der Waals surface area (Å²) in [5.74, 6) is -0.400. The zero-order valence-electron chi connectivity index (χ0n) is 11.4. The molecule has 4 heteroatoms. The normalized spacial score (nSPS) is 10.3. The van der Waals surface area contributed by atoms with Crippen molar-refractivity contribution in [2.24, 2.45) is 0 Å². The predicted octanol–water partition coefficient (Wildman–Crippen LogP) is 3.15. The summed E-state index contributed by atoms with van der Waals surface area (Å²) in [4.78, 5) is 12.1. The van der Waals surface area contributed by atoms with Crippen LogP contribution in [0.15, 0.2) is 36.4 Å². The predicted molar refractivity (Wildman–Crippen MR) is 76.6 cm³/mol. The maximum atomic E-state index is 13.6. The average molecular weight is 273 g/mol. The molecule has 0 aromatic heterocycles. The van der Waals surface area contributed by atoms with Gasteiger partial charge in [-0.25, -0.2) is 4.39 Å². The van der Waals surface area contributed by atoms with Crippen LogP contribution in [0.25, 0.3) is 0 Å². The number of carbonyl (C=O) groups is 1. The van der Waals surface area contributed by atoms with Gasteiger partial charge in [0.05, 0.1) is 7.11 Å². The lowest BCUT2D eigenvalue weighted by Gasteiger charge is -2.06. The fourth-order valence-corrected chi connectivity index (χ4v) is 1.92. The van der Waals surface area contributed by atoms with Crippen molar-refractivity contribution < 1.29 is 13.9 Å². The number of benzene rings is 2. The van der Waals surface area contributed by atoms with Crippen LogP contribution in [0, 0.1) is 12.7 Å². The van der Waals surface area contributed by atoms with E-state index in [2.05, 4.69) is 0 Å². The molecular formula is C16H16FNO2. The minimum atomic E-state index is -0.471. The van der Waals surface area contributed by atoms with E-state index in [0.29, 0.717) is 16.8 Å². The molecule has 0 saturated heterocycles. The van der Waals surface area contributed by atoms with Gasteiger partial charge in [0.25, 0.3) is 0 Å². The lowest BCUT2D eigenvalue weighted by atomic mass is 10.0. The first-order chi connectivity index (χ1) is 9.51. The van der Waals surface area contributed by atoms with Crippen molar-refractivity contribution in [2.75, 3.05) is 12.8 Å². The number of carbonyl (C=O) groups excluding carboxylic acids is 1. The molecule has 0 aliphatic carbocycles. The van der Waals surface area contributed by atoms with Crippen LogP contribution in [-0.2, 0) is 6.42 Å². The average Bonchev–Trinajstić information content (AvgIpc) is 2.42. The highest BCUT2D eigenvalue weighted by Crippen LogP contribution is 2.20. The highest BCUT2D eigenvalue weighted by atomic mass is 19.1. The van der Waals surface area contributed by atoms with Crippen molar-refractivity contribution in [2.45, 2.75) is 13.3 Å². The standard InChI is InChI=1S/C16H16FNO2/c1-10-3-5-12(9-14(10)18)15(19)8-11-4-6-16(20-2)13(17)7-11/h3-7,9H,8,18H2,1-2H3. The maximum absolute atomic E-state index is 13.6. The Hall–Kier alpha value is -2.36. The van der Waals surface area contributed by atoms with E-state index in [1.54, 1.807) is 24.3 Å². The number of methoxy groups -OCH3 is 1. The molecule has 0 unspecified atom stereocenters. The third-order valence-electron chi connectivity index (χ3n) is 3.18. The van der Waals surface area contributed by atoms with E-state index < -0.39 is 5.82 Å². The number of nitrogen functional groups attached to an aromatic ring is 1. The van der Waals surface area contributed by atoms with Crippen LogP contribution < -0.4 is 10.5 Å². The van der Waals surface area contributed by atoms with E-state index in [4.69, 9.17) is 10.5 Å². The van der Waals surface area contributed by atoms with Gasteiger partial charge in [-0.2, -0.15) is 0 Å². The third-order valence-corrected chi connectivity index (χ3v) is 3.18. The minimum absolute atomic E-state index is 0.0960. The molecule has 2 aromatic rings. The molecule has 0 saturated carbocycles. The fourth-order valence-electron chi connectivity index (χ4n) is 1.92. The van der Waals surface area contributed by atoms with Gasteiger partial charge in [0, 0.05) is 17.7 Å². The summed E-state index contributed by atoms with van der Waals surface area (Å²) in [5, 5.41) is 0. The topological polar surface area (TPSA) is 52.3 Å². The van der Waals surface area contributed by atoms with Crippen LogP contribution >= 0.6 is 0 Å². The van der Waals surface area contributed by atoms with Gasteiger partial charge in [0.15, 0.2) is 17.3 Å². The number of ether oxygens (including phenoxy) is 1. The smallest absolute Gasteiger partial charge is 0.167 e. The number of Topliss-reactive ketones (excluding diaryl/α,β-unsaturated/α-hetero) is 1. The molecule has 0 spiro atoms. The van der Waals surface area contributed by atoms with Crippen molar-refractivity contribution in [1.82, 2.24) is 0 Å². The number of rotatable bonds is 4. The first-order valence-electron chi connectivity index (χ1n) is 6.23. The molecule has 104 valence electrons. The van der Waals surface area contributed by atoms with Crippen LogP contribution in [0.2, 0.25) is 0 Å². The lowest BCUT2D eigenvalue weighted by Crippen LogP contribution is -2.05. The second-order valence-corrected chi connectivity index (χ2v) is 4.64. The summed E-state index contributed by atoms with van der Waals surface area (Å²) in [6.07, 6.45) is 0.128. The first-order valence-corrected chi connectivity index (χ1v) is 6.23. The highest BCUT2D eigenvalue weighted by molar-refractivity contribution is 5.98. The zero-order valence-corrected chi connectivity index (χ0v) is 11.4. The third kappa shape index (κ3) is 2.96. The molecule has 0 bridgehead atoms. The fraction of sp³-hybridized carbons (Fsp3) is 0.188. The Kier molecular flexibility index (Phi) is 4.03. The van der Waals surface area contributed by atoms with Crippen LogP contribution in [0.1, 0.15) is 21.5 Å². The Labute approximate surface area is 117 Å². The molecule has 3 nitrogen and oxygen atoms in total. The summed E-state index contributed by atoms with van der Waals surface area (Å²) in [7, 11) is 1.40. The highest BCUT2D eigenvalue weighted by Gasteiger charge is 2.10. The van der Waals surface area contributed by atoms with Gasteiger partial charge in [-0.15, -0.1) is 0 Å². The molecule has 0 fully saturated rings.